The van der Waals surface area contributed by atoms with Gasteiger partial charge >= 0.3 is 0 Å². The number of hydrogen-bond donors (Lipinski definition) is 1. The second-order valence-electron chi connectivity index (χ2n) is 17.9. The first kappa shape index (κ1) is 42.0. The molecule has 5 fully saturated rings. The average Bonchev–Trinajstić information content (AvgIpc) is 3.74. The fourth-order valence-electron chi connectivity index (χ4n) is 10.4. The van der Waals surface area contributed by atoms with Crippen LogP contribution in [0, 0.1) is 0 Å². The zero-order valence-corrected chi connectivity index (χ0v) is 36.2. The highest BCUT2D eigenvalue weighted by Crippen LogP contribution is 2.47. The molecule has 3 heterocycles. The minimum atomic E-state index is -0.204. The van der Waals surface area contributed by atoms with Gasteiger partial charge in [0.05, 0.1) is 14.6 Å². The summed E-state index contributed by atoms with van der Waals surface area (Å²) in [7, 11) is 1.83. The quantitative estimate of drug-likeness (QED) is 0.163. The first-order chi connectivity index (χ1) is 28.7. The van der Waals surface area contributed by atoms with E-state index >= 15 is 0 Å². The van der Waals surface area contributed by atoms with Gasteiger partial charge in [0.25, 0.3) is 0 Å². The molecule has 2 saturated carbocycles. The van der Waals surface area contributed by atoms with Gasteiger partial charge in [-0.1, -0.05) is 121 Å². The molecule has 5 aliphatic rings. The maximum atomic E-state index is 10.1. The van der Waals surface area contributed by atoms with Gasteiger partial charge in [0, 0.05) is 65.1 Å². The van der Waals surface area contributed by atoms with Gasteiger partial charge < -0.3 is 24.4 Å². The molecule has 4 aromatic rings. The molecule has 3 aliphatic heterocycles. The number of halogens is 2. The molecule has 0 aromatic heterocycles. The number of ether oxygens (including phenoxy) is 2. The van der Waals surface area contributed by atoms with Gasteiger partial charge in [-0.3, -0.25) is 0 Å². The zero-order chi connectivity index (χ0) is 41.2. The molecule has 0 radical (unpaired) electrons. The Morgan fingerprint density at radius 1 is 0.552 bits per heavy atom. The fraction of sp³-hybridized carbons (Fsp3) is 0.529. The van der Waals surface area contributed by atoms with E-state index in [4.69, 9.17) is 34.0 Å². The molecule has 5 nitrogen and oxygen atoms in total. The molecule has 0 amide bonds. The number of rotatable bonds is 11. The first-order valence-corrected chi connectivity index (χ1v) is 22.7. The summed E-state index contributed by atoms with van der Waals surface area (Å²) in [4.78, 5) is 5.30. The third-order valence-electron chi connectivity index (χ3n) is 14.4. The van der Waals surface area contributed by atoms with Crippen LogP contribution in [0.2, 0.25) is 10.0 Å². The molecule has 7 heteroatoms. The number of likely N-dealkylation sites (tertiary alicyclic amines) is 2. The molecular weight excluding hydrogens is 759 g/mol. The molecule has 0 spiro atoms. The maximum Gasteiger partial charge on any atom is 0.0567 e. The van der Waals surface area contributed by atoms with Crippen molar-refractivity contribution in [2.45, 2.75) is 98.7 Å². The average molecular weight is 827 g/mol. The number of methoxy groups -OCH3 is 1. The van der Waals surface area contributed by atoms with E-state index in [2.05, 4.69) is 94.7 Å². The van der Waals surface area contributed by atoms with Crippen molar-refractivity contribution in [3.63, 3.8) is 0 Å². The van der Waals surface area contributed by atoms with Crippen molar-refractivity contribution in [2.75, 3.05) is 72.8 Å². The SMILES string of the molecule is COCC1(c2ccccc2)CCN(CC2(c3ccc(Cl)cc3)CCC2)CC1.OCC1(c2ccccc2)CCN(CC2(c3ccc(Cl)cc3)CCC2)CC1.[2H]C1CCCO1. The van der Waals surface area contributed by atoms with Crippen LogP contribution in [-0.4, -0.2) is 87.7 Å². The Morgan fingerprint density at radius 3 is 1.29 bits per heavy atom. The monoisotopic (exact) mass is 825 g/mol. The molecule has 2 aliphatic carbocycles. The molecular formula is C51H66Cl2N2O3. The van der Waals surface area contributed by atoms with Gasteiger partial charge in [-0.15, -0.1) is 0 Å². The van der Waals surface area contributed by atoms with Gasteiger partial charge in [0.2, 0.25) is 0 Å². The molecule has 0 bridgehead atoms. The van der Waals surface area contributed by atoms with E-state index < -0.39 is 0 Å². The second kappa shape index (κ2) is 20.2. The highest BCUT2D eigenvalue weighted by Gasteiger charge is 2.44. The Bertz CT molecular complexity index is 1830. The summed E-state index contributed by atoms with van der Waals surface area (Å²) < 4.78 is 17.4. The van der Waals surface area contributed by atoms with E-state index in [0.29, 0.717) is 10.8 Å². The Hall–Kier alpha value is -2.74. The fourth-order valence-corrected chi connectivity index (χ4v) is 10.6. The first-order valence-electron chi connectivity index (χ1n) is 22.5. The van der Waals surface area contributed by atoms with Crippen LogP contribution in [0.1, 0.15) is 101 Å². The summed E-state index contributed by atoms with van der Waals surface area (Å²) in [5, 5.41) is 11.8. The van der Waals surface area contributed by atoms with E-state index in [1.807, 2.05) is 31.4 Å². The predicted molar refractivity (Wildman–Crippen MR) is 241 cm³/mol. The molecule has 4 aromatic carbocycles. The molecule has 1 N–H and O–H groups in total. The Kier molecular flexibility index (Phi) is 14.6. The highest BCUT2D eigenvalue weighted by atomic mass is 35.5. The lowest BCUT2D eigenvalue weighted by Crippen LogP contribution is -2.51. The van der Waals surface area contributed by atoms with Gasteiger partial charge in [0.15, 0.2) is 0 Å². The Labute approximate surface area is 360 Å². The molecule has 9 rings (SSSR count). The Balaban J connectivity index is 0.000000157. The van der Waals surface area contributed by atoms with E-state index in [1.54, 1.807) is 0 Å². The van der Waals surface area contributed by atoms with Gasteiger partial charge in [0.1, 0.15) is 0 Å². The smallest absolute Gasteiger partial charge is 0.0567 e. The van der Waals surface area contributed by atoms with Crippen molar-refractivity contribution in [3.05, 3.63) is 141 Å². The van der Waals surface area contributed by atoms with Crippen LogP contribution in [0.5, 0.6) is 0 Å². The van der Waals surface area contributed by atoms with Gasteiger partial charge in [-0.25, -0.2) is 0 Å². The number of aliphatic hydroxyl groups is 1. The summed E-state index contributed by atoms with van der Waals surface area (Å²) in [5.41, 5.74) is 6.37. The van der Waals surface area contributed by atoms with E-state index in [-0.39, 0.29) is 24.0 Å². The molecule has 1 atom stereocenters. The number of benzene rings is 4. The van der Waals surface area contributed by atoms with Crippen LogP contribution >= 0.6 is 23.2 Å². The number of nitrogens with zero attached hydrogens (tertiary/aromatic N) is 2. The second-order valence-corrected chi connectivity index (χ2v) is 18.8. The van der Waals surface area contributed by atoms with Crippen LogP contribution < -0.4 is 0 Å². The Morgan fingerprint density at radius 2 is 0.966 bits per heavy atom. The maximum absolute atomic E-state index is 10.1. The topological polar surface area (TPSA) is 45.2 Å². The van der Waals surface area contributed by atoms with Crippen molar-refractivity contribution in [2.24, 2.45) is 0 Å². The summed E-state index contributed by atoms with van der Waals surface area (Å²) >= 11 is 12.2. The van der Waals surface area contributed by atoms with Crippen molar-refractivity contribution >= 4 is 23.2 Å². The largest absolute Gasteiger partial charge is 0.395 e. The lowest BCUT2D eigenvalue weighted by Gasteiger charge is -2.49. The molecule has 58 heavy (non-hydrogen) atoms. The number of hydrogen-bond acceptors (Lipinski definition) is 5. The van der Waals surface area contributed by atoms with E-state index in [9.17, 15) is 5.11 Å². The van der Waals surface area contributed by atoms with Crippen LogP contribution in [-0.2, 0) is 31.1 Å². The standard InChI is InChI=1S/C24H30ClNO.C23H28ClNO.C4H8O/c1-27-19-24(20-6-3-2-4-7-20)14-16-26(17-15-24)18-23(12-5-13-23)21-8-10-22(25)11-9-21;24-21-9-7-20(8-10-21)22(11-4-12-22)17-25-15-13-23(18-26,14-16-25)19-5-2-1-3-6-19;1-2-4-5-3-1/h2-4,6-11H,5,12-19H2,1H3;1-3,5-10,26H,4,11-18H2;1-4H2/i;;3D. The van der Waals surface area contributed by atoms with Crippen molar-refractivity contribution < 1.29 is 16.0 Å². The number of piperidine rings is 2. The third-order valence-corrected chi connectivity index (χ3v) is 14.9. The van der Waals surface area contributed by atoms with Crippen molar-refractivity contribution in [1.29, 1.82) is 0 Å². The molecule has 312 valence electrons. The summed E-state index contributed by atoms with van der Waals surface area (Å²) in [6.45, 7) is 8.37. The minimum Gasteiger partial charge on any atom is -0.395 e. The summed E-state index contributed by atoms with van der Waals surface area (Å²) in [5.74, 6) is 0. The van der Waals surface area contributed by atoms with Crippen LogP contribution in [0.4, 0.5) is 0 Å². The van der Waals surface area contributed by atoms with Gasteiger partial charge in [-0.05, 0) is 137 Å². The van der Waals surface area contributed by atoms with E-state index in [1.165, 1.54) is 80.2 Å². The summed E-state index contributed by atoms with van der Waals surface area (Å²) in [6.07, 6.45) is 14.2. The van der Waals surface area contributed by atoms with Crippen LogP contribution in [0.15, 0.2) is 109 Å². The van der Waals surface area contributed by atoms with Crippen molar-refractivity contribution in [1.82, 2.24) is 9.80 Å². The molecule has 3 saturated heterocycles. The lowest BCUT2D eigenvalue weighted by molar-refractivity contribution is 0.0523. The van der Waals surface area contributed by atoms with E-state index in [0.717, 1.165) is 81.7 Å². The molecule has 1 unspecified atom stereocenters. The predicted octanol–water partition coefficient (Wildman–Crippen LogP) is 11.0. The third kappa shape index (κ3) is 10.2. The highest BCUT2D eigenvalue weighted by molar-refractivity contribution is 6.30. The van der Waals surface area contributed by atoms with Gasteiger partial charge in [-0.2, -0.15) is 0 Å². The number of aliphatic hydroxyl groups excluding tert-OH is 1. The minimum absolute atomic E-state index is 0.0647. The van der Waals surface area contributed by atoms with Crippen molar-refractivity contribution in [3.8, 4) is 0 Å². The van der Waals surface area contributed by atoms with Crippen LogP contribution in [0.25, 0.3) is 0 Å². The normalized spacial score (nSPS) is 23.4. The zero-order valence-electron chi connectivity index (χ0n) is 35.7. The summed E-state index contributed by atoms with van der Waals surface area (Å²) in [6, 6.07) is 38.6. The lowest BCUT2D eigenvalue weighted by atomic mass is 9.63. The van der Waals surface area contributed by atoms with Crippen LogP contribution in [0.3, 0.4) is 0 Å².